The molecule has 0 atom stereocenters. The van der Waals surface area contributed by atoms with E-state index in [9.17, 15) is 9.90 Å². The van der Waals surface area contributed by atoms with Crippen molar-refractivity contribution in [2.75, 3.05) is 24.2 Å². The van der Waals surface area contributed by atoms with Gasteiger partial charge in [-0.15, -0.1) is 0 Å². The molecular weight excluding hydrogens is 352 g/mol. The lowest BCUT2D eigenvalue weighted by Crippen LogP contribution is -2.08. The van der Waals surface area contributed by atoms with Gasteiger partial charge in [-0.25, -0.2) is 4.79 Å². The Morgan fingerprint density at radius 2 is 2.15 bits per heavy atom. The molecule has 10 heteroatoms. The van der Waals surface area contributed by atoms with Crippen molar-refractivity contribution in [3.63, 3.8) is 0 Å². The van der Waals surface area contributed by atoms with E-state index in [0.29, 0.717) is 29.4 Å². The minimum Gasteiger partial charge on any atom is -0.480 e. The summed E-state index contributed by atoms with van der Waals surface area (Å²) < 4.78 is 11.8. The van der Waals surface area contributed by atoms with Crippen molar-refractivity contribution in [3.05, 3.63) is 23.7 Å². The molecule has 4 N–H and O–H groups in total. The van der Waals surface area contributed by atoms with Gasteiger partial charge in [0.25, 0.3) is 6.01 Å². The summed E-state index contributed by atoms with van der Waals surface area (Å²) >= 11 is 0. The van der Waals surface area contributed by atoms with Crippen molar-refractivity contribution in [3.8, 4) is 6.01 Å². The van der Waals surface area contributed by atoms with E-state index in [1.165, 1.54) is 10.6 Å². The van der Waals surface area contributed by atoms with Gasteiger partial charge < -0.3 is 25.3 Å². The van der Waals surface area contributed by atoms with Crippen LogP contribution < -0.4 is 11.1 Å². The lowest BCUT2D eigenvalue weighted by atomic mass is 10.3. The van der Waals surface area contributed by atoms with Crippen LogP contribution in [0.25, 0.3) is 11.2 Å². The summed E-state index contributed by atoms with van der Waals surface area (Å²) in [6.45, 7) is 4.88. The first-order valence-corrected chi connectivity index (χ1v) is 8.75. The summed E-state index contributed by atoms with van der Waals surface area (Å²) in [5.74, 6) is 0.510. The number of ether oxygens (including phenoxy) is 1. The van der Waals surface area contributed by atoms with E-state index in [4.69, 9.17) is 14.9 Å². The van der Waals surface area contributed by atoms with Crippen LogP contribution in [0.4, 0.5) is 11.8 Å². The third-order valence-electron chi connectivity index (χ3n) is 3.87. The Bertz CT molecular complexity index is 948. The molecule has 0 spiro atoms. The lowest BCUT2D eigenvalue weighted by molar-refractivity contribution is 0.0488. The van der Waals surface area contributed by atoms with Crippen LogP contribution in [0, 0.1) is 0 Å². The summed E-state index contributed by atoms with van der Waals surface area (Å²) in [7, 11) is 0. The average Bonchev–Trinajstić information content (AvgIpc) is 3.22. The van der Waals surface area contributed by atoms with E-state index in [0.717, 1.165) is 12.8 Å². The number of hydrogen-bond donors (Lipinski definition) is 3. The number of aromatic hydroxyl groups is 1. The maximum Gasteiger partial charge on any atom is 0.374 e. The molecule has 0 aliphatic heterocycles. The standard InChI is InChI=1S/C17H22N6O4/c1-3-5-8-19-16-21-13(18)12-14(22-16)23(17(25)20-12)9-10-6-7-11(27-10)15(24)26-4-2/h6-7H,3-5,8-9H2,1-2H3,(H,20,25)(H3,18,19,21,22). The number of nitrogens with two attached hydrogens (primary N) is 1. The highest BCUT2D eigenvalue weighted by molar-refractivity contribution is 5.86. The van der Waals surface area contributed by atoms with E-state index in [1.807, 2.05) is 0 Å². The quantitative estimate of drug-likeness (QED) is 0.399. The molecule has 0 aliphatic carbocycles. The van der Waals surface area contributed by atoms with E-state index in [-0.39, 0.29) is 30.7 Å². The Morgan fingerprint density at radius 1 is 1.33 bits per heavy atom. The number of nitrogens with one attached hydrogen (secondary N) is 1. The van der Waals surface area contributed by atoms with Gasteiger partial charge in [0, 0.05) is 6.54 Å². The van der Waals surface area contributed by atoms with Gasteiger partial charge in [0.05, 0.1) is 13.2 Å². The van der Waals surface area contributed by atoms with Gasteiger partial charge in [0.2, 0.25) is 11.7 Å². The first kappa shape index (κ1) is 18.5. The maximum absolute atomic E-state index is 11.7. The van der Waals surface area contributed by atoms with Crippen LogP contribution >= 0.6 is 0 Å². The van der Waals surface area contributed by atoms with Crippen LogP contribution in [-0.4, -0.2) is 43.7 Å². The molecule has 27 heavy (non-hydrogen) atoms. The summed E-state index contributed by atoms with van der Waals surface area (Å²) in [4.78, 5) is 24.3. The van der Waals surface area contributed by atoms with Crippen LogP contribution in [0.15, 0.2) is 16.5 Å². The molecule has 10 nitrogen and oxygen atoms in total. The second-order valence-corrected chi connectivity index (χ2v) is 5.87. The molecular formula is C17H22N6O4. The Kier molecular flexibility index (Phi) is 5.43. The molecule has 0 aromatic carbocycles. The number of imidazole rings is 1. The smallest absolute Gasteiger partial charge is 0.374 e. The predicted molar refractivity (Wildman–Crippen MR) is 98.6 cm³/mol. The van der Waals surface area contributed by atoms with Gasteiger partial charge in [-0.05, 0) is 25.5 Å². The maximum atomic E-state index is 11.7. The summed E-state index contributed by atoms with van der Waals surface area (Å²) in [6.07, 6.45) is 2.00. The molecule has 0 unspecified atom stereocenters. The molecule has 3 heterocycles. The SMILES string of the molecule is CCCCNc1nc(N)c2nc(O)n(Cc3ccc(C(=O)OCC)o3)c2n1. The largest absolute Gasteiger partial charge is 0.480 e. The van der Waals surface area contributed by atoms with Crippen LogP contribution in [0.2, 0.25) is 0 Å². The van der Waals surface area contributed by atoms with Crippen LogP contribution in [0.1, 0.15) is 43.0 Å². The van der Waals surface area contributed by atoms with Gasteiger partial charge in [-0.1, -0.05) is 13.3 Å². The van der Waals surface area contributed by atoms with Crippen molar-refractivity contribution in [1.82, 2.24) is 19.5 Å². The summed E-state index contributed by atoms with van der Waals surface area (Å²) in [5, 5.41) is 13.3. The average molecular weight is 374 g/mol. The zero-order valence-corrected chi connectivity index (χ0v) is 15.2. The molecule has 0 saturated carbocycles. The number of rotatable bonds is 8. The first-order valence-electron chi connectivity index (χ1n) is 8.75. The van der Waals surface area contributed by atoms with E-state index < -0.39 is 5.97 Å². The van der Waals surface area contributed by atoms with Crippen LogP contribution in [0.5, 0.6) is 6.01 Å². The number of furan rings is 1. The van der Waals surface area contributed by atoms with Gasteiger partial charge in [0.15, 0.2) is 17.0 Å². The molecule has 0 saturated heterocycles. The molecule has 0 fully saturated rings. The molecule has 3 aromatic heterocycles. The second-order valence-electron chi connectivity index (χ2n) is 5.87. The monoisotopic (exact) mass is 374 g/mol. The number of anilines is 2. The predicted octanol–water partition coefficient (Wildman–Crippen LogP) is 2.14. The molecule has 0 bridgehead atoms. The molecule has 0 radical (unpaired) electrons. The van der Waals surface area contributed by atoms with Crippen molar-refractivity contribution < 1.29 is 19.1 Å². The number of hydrogen-bond acceptors (Lipinski definition) is 9. The van der Waals surface area contributed by atoms with Crippen LogP contribution in [-0.2, 0) is 11.3 Å². The van der Waals surface area contributed by atoms with E-state index >= 15 is 0 Å². The number of aromatic nitrogens is 4. The normalized spacial score (nSPS) is 11.0. The Balaban J connectivity index is 1.89. The molecule has 3 rings (SSSR count). The van der Waals surface area contributed by atoms with Gasteiger partial charge in [0.1, 0.15) is 5.76 Å². The zero-order valence-electron chi connectivity index (χ0n) is 15.2. The first-order chi connectivity index (χ1) is 13.0. The van der Waals surface area contributed by atoms with Crippen LogP contribution in [0.3, 0.4) is 0 Å². The van der Waals surface area contributed by atoms with Crippen molar-refractivity contribution in [2.45, 2.75) is 33.2 Å². The fourth-order valence-electron chi connectivity index (χ4n) is 2.54. The Morgan fingerprint density at radius 3 is 2.89 bits per heavy atom. The van der Waals surface area contributed by atoms with E-state index in [2.05, 4.69) is 27.2 Å². The van der Waals surface area contributed by atoms with Crippen molar-refractivity contribution in [2.24, 2.45) is 0 Å². The summed E-state index contributed by atoms with van der Waals surface area (Å²) in [6, 6.07) is 2.87. The highest BCUT2D eigenvalue weighted by Gasteiger charge is 2.19. The molecule has 0 amide bonds. The van der Waals surface area contributed by atoms with Crippen molar-refractivity contribution in [1.29, 1.82) is 0 Å². The second kappa shape index (κ2) is 7.94. The topological polar surface area (TPSA) is 141 Å². The molecule has 3 aromatic rings. The van der Waals surface area contributed by atoms with E-state index in [1.54, 1.807) is 13.0 Å². The Hall–Kier alpha value is -3.30. The summed E-state index contributed by atoms with van der Waals surface area (Å²) in [5.41, 5.74) is 6.62. The number of esters is 1. The number of carbonyl (C=O) groups excluding carboxylic acids is 1. The molecule has 0 aliphatic rings. The third-order valence-corrected chi connectivity index (χ3v) is 3.87. The number of carbonyl (C=O) groups is 1. The minimum absolute atomic E-state index is 0.0896. The van der Waals surface area contributed by atoms with Gasteiger partial charge in [-0.3, -0.25) is 4.57 Å². The van der Waals surface area contributed by atoms with Gasteiger partial charge in [-0.2, -0.15) is 15.0 Å². The highest BCUT2D eigenvalue weighted by atomic mass is 16.5. The lowest BCUT2D eigenvalue weighted by Gasteiger charge is -2.07. The third kappa shape index (κ3) is 3.94. The number of nitrogens with zero attached hydrogens (tertiary/aromatic N) is 4. The van der Waals surface area contributed by atoms with Crippen molar-refractivity contribution >= 4 is 28.9 Å². The number of fused-ring (bicyclic) bond motifs is 1. The number of nitrogen functional groups attached to an aromatic ring is 1. The minimum atomic E-state index is -0.544. The number of unbranched alkanes of at least 4 members (excludes halogenated alkanes) is 1. The highest BCUT2D eigenvalue weighted by Crippen LogP contribution is 2.25. The zero-order chi connectivity index (χ0) is 19.4. The molecule has 144 valence electrons. The fourth-order valence-corrected chi connectivity index (χ4v) is 2.54. The fraction of sp³-hybridized carbons (Fsp3) is 0.412. The van der Waals surface area contributed by atoms with Gasteiger partial charge >= 0.3 is 5.97 Å². The Labute approximate surface area is 155 Å².